The minimum Gasteiger partial charge on any atom is -0.386 e. The number of benzene rings is 1. The van der Waals surface area contributed by atoms with Crippen LogP contribution < -0.4 is 11.1 Å². The zero-order valence-electron chi connectivity index (χ0n) is 18.3. The lowest BCUT2D eigenvalue weighted by Crippen LogP contribution is -2.55. The minimum atomic E-state index is -4.00. The molecular formula is C23H21F2N5O3S. The molecule has 1 amide bonds. The SMILES string of the molecule is C[C@@]1(c2cc(NC(=O)c3ccc(F)cn3)ccc2F)CS(=O)(=O)[C@@](C)(c2ccccn2)C(N)=N1. The van der Waals surface area contributed by atoms with E-state index in [1.807, 2.05) is 0 Å². The Morgan fingerprint density at radius 3 is 2.47 bits per heavy atom. The molecule has 0 spiro atoms. The molecule has 8 nitrogen and oxygen atoms in total. The number of rotatable bonds is 4. The van der Waals surface area contributed by atoms with Gasteiger partial charge in [-0.05, 0) is 56.3 Å². The average molecular weight is 486 g/mol. The molecule has 2 atom stereocenters. The Morgan fingerprint density at radius 2 is 1.85 bits per heavy atom. The van der Waals surface area contributed by atoms with Gasteiger partial charge in [0, 0.05) is 17.4 Å². The zero-order valence-corrected chi connectivity index (χ0v) is 19.1. The molecule has 0 aliphatic carbocycles. The van der Waals surface area contributed by atoms with E-state index in [1.165, 1.54) is 38.2 Å². The van der Waals surface area contributed by atoms with Gasteiger partial charge in [-0.25, -0.2) is 22.2 Å². The maximum absolute atomic E-state index is 14.9. The van der Waals surface area contributed by atoms with E-state index in [0.29, 0.717) is 0 Å². The molecule has 0 bridgehead atoms. The highest BCUT2D eigenvalue weighted by Crippen LogP contribution is 2.42. The maximum Gasteiger partial charge on any atom is 0.274 e. The summed E-state index contributed by atoms with van der Waals surface area (Å²) < 4.78 is 53.2. The first-order chi connectivity index (χ1) is 16.0. The molecule has 34 heavy (non-hydrogen) atoms. The topological polar surface area (TPSA) is 127 Å². The van der Waals surface area contributed by atoms with E-state index in [4.69, 9.17) is 5.73 Å². The van der Waals surface area contributed by atoms with Gasteiger partial charge in [0.1, 0.15) is 28.7 Å². The molecule has 0 radical (unpaired) electrons. The van der Waals surface area contributed by atoms with Crippen molar-refractivity contribution in [2.75, 3.05) is 11.1 Å². The van der Waals surface area contributed by atoms with Gasteiger partial charge in [0.25, 0.3) is 5.91 Å². The second-order valence-electron chi connectivity index (χ2n) is 8.29. The molecule has 0 saturated heterocycles. The predicted molar refractivity (Wildman–Crippen MR) is 123 cm³/mol. The second-order valence-corrected chi connectivity index (χ2v) is 10.6. The third-order valence-corrected chi connectivity index (χ3v) is 8.47. The number of nitrogens with two attached hydrogens (primary N) is 1. The number of nitrogens with zero attached hydrogens (tertiary/aromatic N) is 3. The molecule has 0 saturated carbocycles. The summed E-state index contributed by atoms with van der Waals surface area (Å²) in [6.45, 7) is 2.88. The van der Waals surface area contributed by atoms with Gasteiger partial charge in [0.2, 0.25) is 0 Å². The lowest BCUT2D eigenvalue weighted by Gasteiger charge is -2.39. The number of aliphatic imine (C=N–C) groups is 1. The van der Waals surface area contributed by atoms with Gasteiger partial charge in [0.05, 0.1) is 17.6 Å². The number of nitrogens with one attached hydrogen (secondary N) is 1. The molecule has 1 aliphatic rings. The number of carbonyl (C=O) groups is 1. The lowest BCUT2D eigenvalue weighted by atomic mass is 9.92. The Bertz CT molecular complexity index is 1400. The first-order valence-corrected chi connectivity index (χ1v) is 11.8. The van der Waals surface area contributed by atoms with Crippen LogP contribution in [0.5, 0.6) is 0 Å². The van der Waals surface area contributed by atoms with E-state index in [-0.39, 0.29) is 28.5 Å². The van der Waals surface area contributed by atoms with Crippen LogP contribution in [0.1, 0.15) is 35.6 Å². The fourth-order valence-corrected chi connectivity index (χ4v) is 5.93. The van der Waals surface area contributed by atoms with Gasteiger partial charge in [-0.1, -0.05) is 6.07 Å². The maximum atomic E-state index is 14.9. The Labute approximate surface area is 194 Å². The highest BCUT2D eigenvalue weighted by atomic mass is 32.2. The number of amides is 1. The number of sulfone groups is 1. The van der Waals surface area contributed by atoms with Crippen molar-refractivity contribution < 1.29 is 22.0 Å². The lowest BCUT2D eigenvalue weighted by molar-refractivity contribution is 0.102. The zero-order chi connectivity index (χ0) is 24.7. The van der Waals surface area contributed by atoms with Crippen molar-refractivity contribution >= 4 is 27.3 Å². The number of carbonyl (C=O) groups excluding carboxylic acids is 1. The van der Waals surface area contributed by atoms with Crippen LogP contribution >= 0.6 is 0 Å². The van der Waals surface area contributed by atoms with Gasteiger partial charge in [-0.2, -0.15) is 0 Å². The summed E-state index contributed by atoms with van der Waals surface area (Å²) in [5.74, 6) is -2.72. The van der Waals surface area contributed by atoms with Gasteiger partial charge in [-0.15, -0.1) is 0 Å². The summed E-state index contributed by atoms with van der Waals surface area (Å²) >= 11 is 0. The summed E-state index contributed by atoms with van der Waals surface area (Å²) in [5.41, 5.74) is 4.91. The van der Waals surface area contributed by atoms with Crippen LogP contribution in [0.4, 0.5) is 14.5 Å². The largest absolute Gasteiger partial charge is 0.386 e. The number of hydrogen-bond donors (Lipinski definition) is 2. The van der Waals surface area contributed by atoms with Crippen molar-refractivity contribution in [3.8, 4) is 0 Å². The Balaban J connectivity index is 1.73. The normalized spacial score (nSPS) is 23.7. The van der Waals surface area contributed by atoms with Crippen molar-refractivity contribution in [2.24, 2.45) is 10.7 Å². The van der Waals surface area contributed by atoms with Gasteiger partial charge < -0.3 is 11.1 Å². The second kappa shape index (κ2) is 8.24. The smallest absolute Gasteiger partial charge is 0.274 e. The van der Waals surface area contributed by atoms with E-state index >= 15 is 0 Å². The van der Waals surface area contributed by atoms with Crippen LogP contribution in [-0.4, -0.2) is 35.9 Å². The van der Waals surface area contributed by atoms with Crippen LogP contribution in [0.3, 0.4) is 0 Å². The summed E-state index contributed by atoms with van der Waals surface area (Å²) in [7, 11) is -4.00. The van der Waals surface area contributed by atoms with Crippen molar-refractivity contribution in [1.29, 1.82) is 0 Å². The molecule has 3 N–H and O–H groups in total. The molecule has 0 unspecified atom stereocenters. The third-order valence-electron chi connectivity index (χ3n) is 5.87. The highest BCUT2D eigenvalue weighted by Gasteiger charge is 2.54. The molecular weight excluding hydrogens is 464 g/mol. The standard InChI is InChI=1S/C23H21F2N5O3S/c1-22(13-34(32,33)23(2,21(26)30-22)19-5-3-4-10-27-19)16-11-15(7-8-17(16)25)29-20(31)18-9-6-14(24)12-28-18/h3-12H,13H2,1-2H3,(H2,26,30)(H,29,31)/t22-,23-/m0/s1. The third kappa shape index (κ3) is 3.92. The molecule has 1 aromatic carbocycles. The number of anilines is 1. The van der Waals surface area contributed by atoms with Gasteiger partial charge in [-0.3, -0.25) is 14.8 Å². The quantitative estimate of drug-likeness (QED) is 0.585. The Morgan fingerprint density at radius 1 is 1.09 bits per heavy atom. The number of amidine groups is 1. The van der Waals surface area contributed by atoms with Crippen LogP contribution in [-0.2, 0) is 20.1 Å². The monoisotopic (exact) mass is 485 g/mol. The fraction of sp³-hybridized carbons (Fsp3) is 0.217. The van der Waals surface area contributed by atoms with E-state index in [1.54, 1.807) is 18.2 Å². The number of hydrogen-bond acceptors (Lipinski definition) is 7. The van der Waals surface area contributed by atoms with Crippen LogP contribution in [0.25, 0.3) is 0 Å². The van der Waals surface area contributed by atoms with E-state index in [9.17, 15) is 22.0 Å². The van der Waals surface area contributed by atoms with Crippen LogP contribution in [0.15, 0.2) is 65.9 Å². The first-order valence-electron chi connectivity index (χ1n) is 10.2. The predicted octanol–water partition coefficient (Wildman–Crippen LogP) is 2.92. The first kappa shape index (κ1) is 23.4. The molecule has 2 aromatic heterocycles. The van der Waals surface area contributed by atoms with Crippen molar-refractivity contribution in [1.82, 2.24) is 9.97 Å². The summed E-state index contributed by atoms with van der Waals surface area (Å²) in [6.07, 6.45) is 2.36. The summed E-state index contributed by atoms with van der Waals surface area (Å²) in [6, 6.07) is 10.8. The fourth-order valence-electron chi connectivity index (χ4n) is 3.87. The van der Waals surface area contributed by atoms with Gasteiger partial charge in [0.15, 0.2) is 14.6 Å². The Hall–Kier alpha value is -3.73. The van der Waals surface area contributed by atoms with Crippen molar-refractivity contribution in [3.63, 3.8) is 0 Å². The number of halogens is 2. The highest BCUT2D eigenvalue weighted by molar-refractivity contribution is 7.93. The molecule has 4 rings (SSSR count). The molecule has 3 heterocycles. The van der Waals surface area contributed by atoms with E-state index in [2.05, 4.69) is 20.3 Å². The van der Waals surface area contributed by atoms with Crippen LogP contribution in [0.2, 0.25) is 0 Å². The molecule has 0 fully saturated rings. The molecule has 1 aliphatic heterocycles. The summed E-state index contributed by atoms with van der Waals surface area (Å²) in [4.78, 5) is 24.7. The van der Waals surface area contributed by atoms with E-state index < -0.39 is 43.4 Å². The minimum absolute atomic E-state index is 0.0490. The summed E-state index contributed by atoms with van der Waals surface area (Å²) in [5, 5.41) is 2.55. The Kier molecular flexibility index (Phi) is 5.68. The van der Waals surface area contributed by atoms with Crippen molar-refractivity contribution in [2.45, 2.75) is 24.1 Å². The molecule has 3 aromatic rings. The van der Waals surface area contributed by atoms with E-state index in [0.717, 1.165) is 18.3 Å². The van der Waals surface area contributed by atoms with Crippen molar-refractivity contribution in [3.05, 3.63) is 89.5 Å². The number of aromatic nitrogens is 2. The van der Waals surface area contributed by atoms with Crippen LogP contribution in [0, 0.1) is 11.6 Å². The number of pyridine rings is 2. The molecule has 11 heteroatoms. The molecule has 176 valence electrons. The average Bonchev–Trinajstić information content (AvgIpc) is 2.79. The van der Waals surface area contributed by atoms with Gasteiger partial charge >= 0.3 is 0 Å².